The lowest BCUT2D eigenvalue weighted by molar-refractivity contribution is -0.144. The Kier molecular flexibility index (Phi) is 6.60. The van der Waals surface area contributed by atoms with Gasteiger partial charge in [0.15, 0.2) is 0 Å². The number of fused-ring (bicyclic) bond motifs is 3. The Morgan fingerprint density at radius 2 is 1.93 bits per heavy atom. The summed E-state index contributed by atoms with van der Waals surface area (Å²) in [7, 11) is 0. The van der Waals surface area contributed by atoms with E-state index in [1.807, 2.05) is 32.9 Å². The van der Waals surface area contributed by atoms with Crippen LogP contribution in [-0.4, -0.2) is 75.6 Å². The molecule has 1 aromatic rings. The SMILES string of the molecule is C=C(C(CN1C[C@@H]2CC1C(=O)N2C1(c2ccc(F)cc2)CCCC1)NC(=O)OC(C)(C)C)N1C(C#N)CC2CC21. The first-order valence-corrected chi connectivity index (χ1v) is 14.7. The number of hydrogen-bond acceptors (Lipinski definition) is 6. The first-order chi connectivity index (χ1) is 19.0. The van der Waals surface area contributed by atoms with E-state index < -0.39 is 17.7 Å². The molecule has 3 heterocycles. The van der Waals surface area contributed by atoms with Crippen molar-refractivity contribution in [3.8, 4) is 6.07 Å². The van der Waals surface area contributed by atoms with Crippen molar-refractivity contribution in [2.24, 2.45) is 5.92 Å². The fourth-order valence-corrected chi connectivity index (χ4v) is 7.90. The van der Waals surface area contributed by atoms with Crippen LogP contribution in [-0.2, 0) is 15.1 Å². The summed E-state index contributed by atoms with van der Waals surface area (Å²) < 4.78 is 19.3. The van der Waals surface area contributed by atoms with E-state index in [1.165, 1.54) is 12.1 Å². The second kappa shape index (κ2) is 9.76. The second-order valence-electron chi connectivity index (χ2n) is 13.4. The summed E-state index contributed by atoms with van der Waals surface area (Å²) >= 11 is 0. The van der Waals surface area contributed by atoms with Crippen molar-refractivity contribution in [1.29, 1.82) is 5.26 Å². The zero-order valence-corrected chi connectivity index (χ0v) is 23.7. The molecular weight excluding hydrogens is 509 g/mol. The Bertz CT molecular complexity index is 1230. The van der Waals surface area contributed by atoms with Gasteiger partial charge in [-0.1, -0.05) is 31.6 Å². The molecule has 5 fully saturated rings. The molecule has 5 aliphatic rings. The number of nitrogens with zero attached hydrogens (tertiary/aromatic N) is 4. The highest BCUT2D eigenvalue weighted by molar-refractivity contribution is 5.87. The van der Waals surface area contributed by atoms with Gasteiger partial charge >= 0.3 is 6.09 Å². The molecule has 3 aliphatic heterocycles. The first-order valence-electron chi connectivity index (χ1n) is 14.7. The topological polar surface area (TPSA) is 88.9 Å². The minimum absolute atomic E-state index is 0.0579. The molecule has 0 spiro atoms. The predicted molar refractivity (Wildman–Crippen MR) is 147 cm³/mol. The van der Waals surface area contributed by atoms with Crippen LogP contribution in [0.5, 0.6) is 0 Å². The average Bonchev–Trinajstić information content (AvgIpc) is 3.29. The van der Waals surface area contributed by atoms with Crippen molar-refractivity contribution in [2.75, 3.05) is 13.1 Å². The number of nitriles is 1. The van der Waals surface area contributed by atoms with Gasteiger partial charge in [-0.25, -0.2) is 9.18 Å². The molecule has 8 nitrogen and oxygen atoms in total. The molecule has 3 saturated heterocycles. The number of halogens is 1. The van der Waals surface area contributed by atoms with Crippen molar-refractivity contribution in [1.82, 2.24) is 20.0 Å². The van der Waals surface area contributed by atoms with E-state index in [2.05, 4.69) is 32.7 Å². The van der Waals surface area contributed by atoms with E-state index in [0.29, 0.717) is 30.7 Å². The van der Waals surface area contributed by atoms with E-state index in [1.54, 1.807) is 0 Å². The quantitative estimate of drug-likeness (QED) is 0.547. The van der Waals surface area contributed by atoms with Gasteiger partial charge in [0.25, 0.3) is 0 Å². The Morgan fingerprint density at radius 1 is 1.23 bits per heavy atom. The third-order valence-corrected chi connectivity index (χ3v) is 9.64. The fraction of sp³-hybridized carbons (Fsp3) is 0.645. The molecule has 5 unspecified atom stereocenters. The van der Waals surface area contributed by atoms with Crippen LogP contribution in [0.3, 0.4) is 0 Å². The number of piperidine rings is 1. The average molecular weight is 550 g/mol. The number of hydrogen-bond donors (Lipinski definition) is 1. The van der Waals surface area contributed by atoms with Gasteiger partial charge in [-0.05, 0) is 76.5 Å². The third kappa shape index (κ3) is 4.64. The van der Waals surface area contributed by atoms with Crippen LogP contribution >= 0.6 is 0 Å². The van der Waals surface area contributed by atoms with E-state index in [-0.39, 0.29) is 35.4 Å². The molecular formula is C31H40FN5O3. The van der Waals surface area contributed by atoms with Gasteiger partial charge in [0.2, 0.25) is 5.91 Å². The number of carbonyl (C=O) groups excluding carboxylic acids is 2. The number of carbonyl (C=O) groups is 2. The molecule has 9 heteroatoms. The summed E-state index contributed by atoms with van der Waals surface area (Å²) in [5.74, 6) is 0.355. The van der Waals surface area contributed by atoms with Gasteiger partial charge in [-0.2, -0.15) is 5.26 Å². The lowest BCUT2D eigenvalue weighted by atomic mass is 9.85. The number of rotatable bonds is 7. The van der Waals surface area contributed by atoms with Crippen LogP contribution in [0.1, 0.15) is 71.3 Å². The van der Waals surface area contributed by atoms with Gasteiger partial charge in [0.1, 0.15) is 17.5 Å². The second-order valence-corrected chi connectivity index (χ2v) is 13.4. The van der Waals surface area contributed by atoms with E-state index in [4.69, 9.17) is 4.74 Å². The highest BCUT2D eigenvalue weighted by atomic mass is 19.1. The van der Waals surface area contributed by atoms with E-state index in [9.17, 15) is 19.2 Å². The summed E-state index contributed by atoms with van der Waals surface area (Å²) in [5, 5.41) is 12.8. The normalized spacial score (nSPS) is 31.2. The summed E-state index contributed by atoms with van der Waals surface area (Å²) in [4.78, 5) is 33.3. The van der Waals surface area contributed by atoms with Crippen molar-refractivity contribution in [3.05, 3.63) is 47.9 Å². The molecule has 2 bridgehead atoms. The van der Waals surface area contributed by atoms with Gasteiger partial charge in [-0.3, -0.25) is 9.69 Å². The molecule has 0 aromatic heterocycles. The van der Waals surface area contributed by atoms with Crippen LogP contribution in [0.2, 0.25) is 0 Å². The van der Waals surface area contributed by atoms with Crippen molar-refractivity contribution < 1.29 is 18.7 Å². The molecule has 0 radical (unpaired) electrons. The number of alkyl carbamates (subject to hydrolysis) is 1. The summed E-state index contributed by atoms with van der Waals surface area (Å²) in [6.07, 6.45) is 5.95. The molecule has 2 saturated carbocycles. The largest absolute Gasteiger partial charge is 0.444 e. The molecule has 40 heavy (non-hydrogen) atoms. The molecule has 2 aliphatic carbocycles. The number of ether oxygens (including phenoxy) is 1. The number of amides is 2. The Morgan fingerprint density at radius 3 is 2.55 bits per heavy atom. The molecule has 6 atom stereocenters. The monoisotopic (exact) mass is 549 g/mol. The maximum absolute atomic E-state index is 14.0. The minimum Gasteiger partial charge on any atom is -0.444 e. The summed E-state index contributed by atoms with van der Waals surface area (Å²) in [5.41, 5.74) is 0.699. The number of likely N-dealkylation sites (tertiary alicyclic amines) is 3. The molecule has 1 N–H and O–H groups in total. The van der Waals surface area contributed by atoms with Crippen molar-refractivity contribution in [2.45, 2.75) is 107 Å². The summed E-state index contributed by atoms with van der Waals surface area (Å²) in [6.45, 7) is 11.0. The lowest BCUT2D eigenvalue weighted by Crippen LogP contribution is -2.60. The molecule has 214 valence electrons. The molecule has 1 aromatic carbocycles. The maximum Gasteiger partial charge on any atom is 0.408 e. The third-order valence-electron chi connectivity index (χ3n) is 9.64. The van der Waals surface area contributed by atoms with Crippen LogP contribution in [0.15, 0.2) is 36.5 Å². The number of nitrogens with one attached hydrogen (secondary N) is 1. The highest BCUT2D eigenvalue weighted by Crippen LogP contribution is 2.51. The Balaban J connectivity index is 1.21. The molecule has 6 rings (SSSR count). The van der Waals surface area contributed by atoms with Crippen LogP contribution < -0.4 is 5.32 Å². The van der Waals surface area contributed by atoms with Crippen LogP contribution in [0.4, 0.5) is 9.18 Å². The molecule has 2 amide bonds. The lowest BCUT2D eigenvalue weighted by Gasteiger charge is -2.47. The van der Waals surface area contributed by atoms with Gasteiger partial charge in [0.05, 0.1) is 23.7 Å². The smallest absolute Gasteiger partial charge is 0.408 e. The fourth-order valence-electron chi connectivity index (χ4n) is 7.90. The van der Waals surface area contributed by atoms with Crippen LogP contribution in [0, 0.1) is 23.1 Å². The van der Waals surface area contributed by atoms with Gasteiger partial charge in [0, 0.05) is 30.9 Å². The standard InChI is InChI=1S/C31H40FN5O3/c1-19(36-23(16-33)13-20-14-26(20)36)25(34-29(39)40-30(2,3)4)18-35-17-24-15-27(35)28(38)37(24)31(11-5-6-12-31)21-7-9-22(32)10-8-21/h7-10,20,23-27H,1,5-6,11-15,17-18H2,2-4H3,(H,34,39)/t20?,23?,24-,25?,26?,27?/m0/s1. The highest BCUT2D eigenvalue weighted by Gasteiger charge is 2.58. The van der Waals surface area contributed by atoms with Crippen molar-refractivity contribution in [3.63, 3.8) is 0 Å². The van der Waals surface area contributed by atoms with E-state index >= 15 is 0 Å². The van der Waals surface area contributed by atoms with Crippen LogP contribution in [0.25, 0.3) is 0 Å². The van der Waals surface area contributed by atoms with E-state index in [0.717, 1.165) is 50.5 Å². The number of benzene rings is 1. The van der Waals surface area contributed by atoms with Crippen molar-refractivity contribution >= 4 is 12.0 Å². The predicted octanol–water partition coefficient (Wildman–Crippen LogP) is 4.27. The van der Waals surface area contributed by atoms with Gasteiger partial charge in [-0.15, -0.1) is 0 Å². The Labute approximate surface area is 236 Å². The summed E-state index contributed by atoms with van der Waals surface area (Å²) in [6, 6.07) is 8.44. The number of piperazine rings is 1. The van der Waals surface area contributed by atoms with Gasteiger partial charge < -0.3 is 19.9 Å². The zero-order valence-electron chi connectivity index (χ0n) is 23.7. The Hall–Kier alpha value is -3.12. The minimum atomic E-state index is -0.653. The first kappa shape index (κ1) is 27.1. The maximum atomic E-state index is 14.0. The zero-order chi connectivity index (χ0) is 28.4.